The number of halogens is 2. The van der Waals surface area contributed by atoms with Crippen molar-refractivity contribution >= 4 is 29.1 Å². The molecule has 1 fully saturated rings. The molecule has 2 heterocycles. The number of amides is 1. The summed E-state index contributed by atoms with van der Waals surface area (Å²) in [4.78, 5) is 25.5. The first-order chi connectivity index (χ1) is 13.4. The van der Waals surface area contributed by atoms with Crippen LogP contribution in [0.1, 0.15) is 25.5 Å². The van der Waals surface area contributed by atoms with Gasteiger partial charge in [-0.3, -0.25) is 19.7 Å². The summed E-state index contributed by atoms with van der Waals surface area (Å²) < 4.78 is 0. The quantitative estimate of drug-likeness (QED) is 0.802. The molecule has 1 aliphatic rings. The fourth-order valence-electron chi connectivity index (χ4n) is 3.32. The van der Waals surface area contributed by atoms with Gasteiger partial charge in [-0.2, -0.15) is 0 Å². The van der Waals surface area contributed by atoms with Crippen molar-refractivity contribution in [3.63, 3.8) is 0 Å². The smallest absolute Gasteiger partial charge is 0.237 e. The Morgan fingerprint density at radius 1 is 1.11 bits per heavy atom. The summed E-state index contributed by atoms with van der Waals surface area (Å²) in [5.74, 6) is -0.0118. The van der Waals surface area contributed by atoms with Crippen LogP contribution in [0.25, 0.3) is 11.3 Å². The highest BCUT2D eigenvalue weighted by molar-refractivity contribution is 6.44. The van der Waals surface area contributed by atoms with Crippen molar-refractivity contribution < 1.29 is 4.79 Å². The van der Waals surface area contributed by atoms with Crippen LogP contribution in [0, 0.1) is 0 Å². The molecule has 0 bridgehead atoms. The van der Waals surface area contributed by atoms with Crippen LogP contribution >= 0.6 is 23.2 Å². The van der Waals surface area contributed by atoms with Gasteiger partial charge in [0.2, 0.25) is 5.91 Å². The van der Waals surface area contributed by atoms with Crippen LogP contribution in [0.2, 0.25) is 10.0 Å². The van der Waals surface area contributed by atoms with Crippen LogP contribution in [-0.2, 0) is 4.79 Å². The zero-order valence-electron chi connectivity index (χ0n) is 16.3. The predicted molar refractivity (Wildman–Crippen MR) is 113 cm³/mol. The first kappa shape index (κ1) is 21.0. The molecule has 1 saturated heterocycles. The average Bonchev–Trinajstić information content (AvgIpc) is 2.70. The molecule has 150 valence electrons. The van der Waals surface area contributed by atoms with Crippen LogP contribution in [0.15, 0.2) is 30.7 Å². The molecule has 6 nitrogen and oxygen atoms in total. The molecule has 28 heavy (non-hydrogen) atoms. The Bertz CT molecular complexity index is 825. The summed E-state index contributed by atoms with van der Waals surface area (Å²) in [7, 11) is 2.10. The highest BCUT2D eigenvalue weighted by Gasteiger charge is 2.26. The molecule has 2 atom stereocenters. The average molecular weight is 422 g/mol. The molecular weight excluding hydrogens is 397 g/mol. The van der Waals surface area contributed by atoms with Gasteiger partial charge in [0, 0.05) is 44.1 Å². The van der Waals surface area contributed by atoms with Crippen LogP contribution in [0.4, 0.5) is 0 Å². The van der Waals surface area contributed by atoms with E-state index >= 15 is 0 Å². The van der Waals surface area contributed by atoms with Crippen molar-refractivity contribution in [2.24, 2.45) is 0 Å². The fraction of sp³-hybridized carbons (Fsp3) is 0.450. The molecule has 2 unspecified atom stereocenters. The summed E-state index contributed by atoms with van der Waals surface area (Å²) in [5.41, 5.74) is 2.15. The molecular formula is C20H25Cl2N5O. The van der Waals surface area contributed by atoms with Crippen molar-refractivity contribution in [1.82, 2.24) is 25.1 Å². The Hall–Kier alpha value is -1.73. The second kappa shape index (κ2) is 9.18. The number of piperazine rings is 1. The van der Waals surface area contributed by atoms with Crippen LogP contribution in [0.5, 0.6) is 0 Å². The zero-order chi connectivity index (χ0) is 20.3. The van der Waals surface area contributed by atoms with E-state index in [4.69, 9.17) is 23.2 Å². The third-order valence-electron chi connectivity index (χ3n) is 5.24. The van der Waals surface area contributed by atoms with Gasteiger partial charge in [0.05, 0.1) is 34.0 Å². The number of hydrogen-bond donors (Lipinski definition) is 1. The highest BCUT2D eigenvalue weighted by Crippen LogP contribution is 2.37. The maximum atomic E-state index is 12.7. The number of carbonyl (C=O) groups excluding carboxylic acids is 1. The molecule has 0 aliphatic carbocycles. The predicted octanol–water partition coefficient (Wildman–Crippen LogP) is 3.26. The summed E-state index contributed by atoms with van der Waals surface area (Å²) in [5, 5.41) is 3.90. The number of aromatic nitrogens is 2. The molecule has 0 radical (unpaired) electrons. The Kier molecular flexibility index (Phi) is 6.88. The Morgan fingerprint density at radius 2 is 1.82 bits per heavy atom. The number of benzene rings is 1. The SMILES string of the molecule is CC(NC(=O)C(C)N1CCN(C)CC1)c1ccc(-c2cnccn2)c(Cl)c1Cl. The molecule has 0 spiro atoms. The van der Waals surface area contributed by atoms with Crippen molar-refractivity contribution in [3.05, 3.63) is 46.3 Å². The number of likely N-dealkylation sites (N-methyl/N-ethyl adjacent to an activating group) is 1. The molecule has 8 heteroatoms. The topological polar surface area (TPSA) is 61.4 Å². The van der Waals surface area contributed by atoms with E-state index in [-0.39, 0.29) is 18.0 Å². The summed E-state index contributed by atoms with van der Waals surface area (Å²) >= 11 is 13.0. The third-order valence-corrected chi connectivity index (χ3v) is 6.14. The summed E-state index contributed by atoms with van der Waals surface area (Å²) in [6.07, 6.45) is 4.85. The molecule has 1 aromatic heterocycles. The highest BCUT2D eigenvalue weighted by atomic mass is 35.5. The van der Waals surface area contributed by atoms with E-state index in [2.05, 4.69) is 32.1 Å². The first-order valence-corrected chi connectivity index (χ1v) is 10.1. The van der Waals surface area contributed by atoms with Crippen molar-refractivity contribution in [1.29, 1.82) is 0 Å². The second-order valence-electron chi connectivity index (χ2n) is 7.17. The van der Waals surface area contributed by atoms with Crippen molar-refractivity contribution in [2.45, 2.75) is 25.9 Å². The third kappa shape index (κ3) is 4.63. The van der Waals surface area contributed by atoms with E-state index in [1.807, 2.05) is 26.0 Å². The van der Waals surface area contributed by atoms with Gasteiger partial charge in [0.15, 0.2) is 0 Å². The lowest BCUT2D eigenvalue weighted by molar-refractivity contribution is -0.127. The zero-order valence-corrected chi connectivity index (χ0v) is 17.8. The van der Waals surface area contributed by atoms with Gasteiger partial charge in [0.25, 0.3) is 0 Å². The standard InChI is InChI=1S/C20H25Cl2N5O/c1-13(25-20(28)14(2)27-10-8-26(3)9-11-27)15-4-5-16(19(22)18(15)21)17-12-23-6-7-24-17/h4-7,12-14H,8-11H2,1-3H3,(H,25,28). The Balaban J connectivity index is 1.71. The van der Waals surface area contributed by atoms with Crippen molar-refractivity contribution in [3.8, 4) is 11.3 Å². The van der Waals surface area contributed by atoms with Gasteiger partial charge in [-0.05, 0) is 26.5 Å². The van der Waals surface area contributed by atoms with Gasteiger partial charge < -0.3 is 10.2 Å². The number of nitrogens with zero attached hydrogens (tertiary/aromatic N) is 4. The Morgan fingerprint density at radius 3 is 2.46 bits per heavy atom. The van der Waals surface area contributed by atoms with E-state index < -0.39 is 0 Å². The minimum Gasteiger partial charge on any atom is -0.348 e. The normalized spacial score (nSPS) is 17.9. The van der Waals surface area contributed by atoms with Gasteiger partial charge in [-0.15, -0.1) is 0 Å². The van der Waals surface area contributed by atoms with Crippen molar-refractivity contribution in [2.75, 3.05) is 33.2 Å². The second-order valence-corrected chi connectivity index (χ2v) is 7.92. The van der Waals surface area contributed by atoms with E-state index in [9.17, 15) is 4.79 Å². The van der Waals surface area contributed by atoms with E-state index in [1.165, 1.54) is 0 Å². The minimum absolute atomic E-state index is 0.0118. The molecule has 0 saturated carbocycles. The van der Waals surface area contributed by atoms with Gasteiger partial charge in [0.1, 0.15) is 0 Å². The maximum Gasteiger partial charge on any atom is 0.237 e. The van der Waals surface area contributed by atoms with Gasteiger partial charge in [-0.25, -0.2) is 0 Å². The lowest BCUT2D eigenvalue weighted by atomic mass is 10.0. The fourth-order valence-corrected chi connectivity index (χ4v) is 3.92. The minimum atomic E-state index is -0.261. The van der Waals surface area contributed by atoms with Crippen LogP contribution in [0.3, 0.4) is 0 Å². The number of rotatable bonds is 5. The number of hydrogen-bond acceptors (Lipinski definition) is 5. The van der Waals surface area contributed by atoms with E-state index in [0.29, 0.717) is 21.3 Å². The lowest BCUT2D eigenvalue weighted by Gasteiger charge is -2.36. The molecule has 1 amide bonds. The van der Waals surface area contributed by atoms with Gasteiger partial charge in [-0.1, -0.05) is 35.3 Å². The molecule has 1 aromatic carbocycles. The van der Waals surface area contributed by atoms with E-state index in [1.54, 1.807) is 18.6 Å². The lowest BCUT2D eigenvalue weighted by Crippen LogP contribution is -2.53. The number of nitrogens with one attached hydrogen (secondary N) is 1. The van der Waals surface area contributed by atoms with Crippen LogP contribution < -0.4 is 5.32 Å². The summed E-state index contributed by atoms with van der Waals surface area (Å²) in [6.45, 7) is 7.57. The molecule has 3 rings (SSSR count). The van der Waals surface area contributed by atoms with Gasteiger partial charge >= 0.3 is 0 Å². The molecule has 1 aliphatic heterocycles. The van der Waals surface area contributed by atoms with E-state index in [0.717, 1.165) is 31.7 Å². The monoisotopic (exact) mass is 421 g/mol. The molecule has 1 N–H and O–H groups in total. The number of carbonyl (C=O) groups is 1. The van der Waals surface area contributed by atoms with Crippen LogP contribution in [-0.4, -0.2) is 64.9 Å². The largest absolute Gasteiger partial charge is 0.348 e. The first-order valence-electron chi connectivity index (χ1n) is 9.35. The Labute approximate surface area is 175 Å². The maximum absolute atomic E-state index is 12.7. The molecule has 2 aromatic rings. The summed E-state index contributed by atoms with van der Waals surface area (Å²) in [6, 6.07) is 3.29.